The van der Waals surface area contributed by atoms with Crippen LogP contribution in [0.25, 0.3) is 0 Å². The fourth-order valence-electron chi connectivity index (χ4n) is 2.48. The molecule has 0 heterocycles. The number of benzene rings is 1. The second-order valence-electron chi connectivity index (χ2n) is 4.92. The lowest BCUT2D eigenvalue weighted by molar-refractivity contribution is 0.0943. The van der Waals surface area contributed by atoms with E-state index >= 15 is 0 Å². The second-order valence-corrected chi connectivity index (χ2v) is 4.92. The van der Waals surface area contributed by atoms with Crippen molar-refractivity contribution in [2.45, 2.75) is 38.3 Å². The zero-order valence-electron chi connectivity index (χ0n) is 10.4. The highest BCUT2D eigenvalue weighted by atomic mass is 19.1. The van der Waals surface area contributed by atoms with Crippen molar-refractivity contribution in [2.75, 3.05) is 7.05 Å². The number of likely N-dealkylation sites (N-methyl/N-ethyl adjacent to an activating group) is 1. The van der Waals surface area contributed by atoms with E-state index in [9.17, 15) is 4.39 Å². The maximum atomic E-state index is 12.8. The number of nitrogens with one attached hydrogen (secondary N) is 1. The molecule has 1 N–H and O–H groups in total. The van der Waals surface area contributed by atoms with Crippen LogP contribution in [0.4, 0.5) is 4.39 Å². The van der Waals surface area contributed by atoms with Gasteiger partial charge in [0.05, 0.1) is 0 Å². The molecule has 17 heavy (non-hydrogen) atoms. The quantitative estimate of drug-likeness (QED) is 0.872. The number of rotatable bonds is 3. The van der Waals surface area contributed by atoms with E-state index in [0.29, 0.717) is 12.0 Å². The molecule has 3 heteroatoms. The van der Waals surface area contributed by atoms with Crippen LogP contribution < -0.4 is 10.1 Å². The molecule has 2 rings (SSSR count). The van der Waals surface area contributed by atoms with Crippen molar-refractivity contribution in [3.8, 4) is 5.75 Å². The maximum Gasteiger partial charge on any atom is 0.123 e. The van der Waals surface area contributed by atoms with Crippen molar-refractivity contribution in [2.24, 2.45) is 5.92 Å². The molecule has 1 aromatic carbocycles. The van der Waals surface area contributed by atoms with Gasteiger partial charge >= 0.3 is 0 Å². The number of ether oxygens (including phenoxy) is 1. The summed E-state index contributed by atoms with van der Waals surface area (Å²) in [4.78, 5) is 0. The minimum Gasteiger partial charge on any atom is -0.489 e. The molecule has 0 spiro atoms. The van der Waals surface area contributed by atoms with Gasteiger partial charge in [0, 0.05) is 6.04 Å². The number of hydrogen-bond donors (Lipinski definition) is 1. The molecule has 0 amide bonds. The van der Waals surface area contributed by atoms with Crippen LogP contribution in [-0.2, 0) is 0 Å². The molecule has 1 fully saturated rings. The van der Waals surface area contributed by atoms with Crippen molar-refractivity contribution < 1.29 is 9.13 Å². The molecular formula is C14H20FNO. The Morgan fingerprint density at radius 2 is 1.94 bits per heavy atom. The van der Waals surface area contributed by atoms with Crippen LogP contribution in [0, 0.1) is 11.7 Å². The molecule has 1 saturated carbocycles. The third kappa shape index (κ3) is 3.19. The van der Waals surface area contributed by atoms with Gasteiger partial charge < -0.3 is 10.1 Å². The molecule has 3 atom stereocenters. The van der Waals surface area contributed by atoms with Gasteiger partial charge in [-0.2, -0.15) is 0 Å². The standard InChI is InChI=1S/C14H20FNO/c1-10-3-8-13(16-2)14(9-10)17-12-6-4-11(15)5-7-12/h4-7,10,13-14,16H,3,8-9H2,1-2H3. The van der Waals surface area contributed by atoms with E-state index < -0.39 is 0 Å². The SMILES string of the molecule is CNC1CCC(C)CC1Oc1ccc(F)cc1. The third-order valence-corrected chi connectivity index (χ3v) is 3.53. The van der Waals surface area contributed by atoms with Gasteiger partial charge in [-0.25, -0.2) is 4.39 Å². The largest absolute Gasteiger partial charge is 0.489 e. The number of halogens is 1. The van der Waals surface area contributed by atoms with Crippen molar-refractivity contribution in [1.82, 2.24) is 5.32 Å². The summed E-state index contributed by atoms with van der Waals surface area (Å²) in [7, 11) is 1.97. The van der Waals surface area contributed by atoms with E-state index in [4.69, 9.17) is 4.74 Å². The summed E-state index contributed by atoms with van der Waals surface area (Å²) in [6.07, 6.45) is 3.63. The first-order valence-corrected chi connectivity index (χ1v) is 6.28. The Morgan fingerprint density at radius 3 is 2.59 bits per heavy atom. The highest BCUT2D eigenvalue weighted by Gasteiger charge is 2.29. The van der Waals surface area contributed by atoms with E-state index in [1.165, 1.54) is 18.6 Å². The minimum atomic E-state index is -0.223. The first-order chi connectivity index (χ1) is 8.19. The Hall–Kier alpha value is -1.09. The average molecular weight is 237 g/mol. The van der Waals surface area contributed by atoms with Crippen LogP contribution in [0.2, 0.25) is 0 Å². The predicted molar refractivity (Wildman–Crippen MR) is 66.7 cm³/mol. The van der Waals surface area contributed by atoms with Crippen molar-refractivity contribution in [3.63, 3.8) is 0 Å². The van der Waals surface area contributed by atoms with E-state index in [1.807, 2.05) is 7.05 Å². The smallest absolute Gasteiger partial charge is 0.123 e. The van der Waals surface area contributed by atoms with Crippen molar-refractivity contribution in [3.05, 3.63) is 30.1 Å². The minimum absolute atomic E-state index is 0.189. The Bertz CT molecular complexity index is 352. The van der Waals surface area contributed by atoms with E-state index in [2.05, 4.69) is 12.2 Å². The van der Waals surface area contributed by atoms with Crippen LogP contribution in [0.1, 0.15) is 26.2 Å². The van der Waals surface area contributed by atoms with Crippen LogP contribution in [0.5, 0.6) is 5.75 Å². The van der Waals surface area contributed by atoms with Crippen LogP contribution in [0.3, 0.4) is 0 Å². The van der Waals surface area contributed by atoms with E-state index in [1.54, 1.807) is 12.1 Å². The lowest BCUT2D eigenvalue weighted by Crippen LogP contribution is -2.45. The molecule has 94 valence electrons. The first-order valence-electron chi connectivity index (χ1n) is 6.28. The molecule has 0 aromatic heterocycles. The van der Waals surface area contributed by atoms with Gasteiger partial charge in [0.15, 0.2) is 0 Å². The van der Waals surface area contributed by atoms with Crippen LogP contribution in [0.15, 0.2) is 24.3 Å². The van der Waals surface area contributed by atoms with Crippen LogP contribution >= 0.6 is 0 Å². The van der Waals surface area contributed by atoms with Gasteiger partial charge in [0.1, 0.15) is 17.7 Å². The predicted octanol–water partition coefficient (Wildman–Crippen LogP) is 2.98. The lowest BCUT2D eigenvalue weighted by atomic mass is 9.85. The Morgan fingerprint density at radius 1 is 1.24 bits per heavy atom. The van der Waals surface area contributed by atoms with Crippen molar-refractivity contribution in [1.29, 1.82) is 0 Å². The Kier molecular flexibility index (Phi) is 4.00. The second kappa shape index (κ2) is 5.50. The monoisotopic (exact) mass is 237 g/mol. The fourth-order valence-corrected chi connectivity index (χ4v) is 2.48. The highest BCUT2D eigenvalue weighted by molar-refractivity contribution is 5.22. The van der Waals surface area contributed by atoms with Crippen molar-refractivity contribution >= 4 is 0 Å². The van der Waals surface area contributed by atoms with Crippen LogP contribution in [-0.4, -0.2) is 19.2 Å². The Labute approximate surface area is 102 Å². The summed E-state index contributed by atoms with van der Waals surface area (Å²) >= 11 is 0. The molecule has 1 aliphatic carbocycles. The fraction of sp³-hybridized carbons (Fsp3) is 0.571. The summed E-state index contributed by atoms with van der Waals surface area (Å²) in [5.41, 5.74) is 0. The van der Waals surface area contributed by atoms with Gasteiger partial charge in [-0.05, 0) is 56.5 Å². The van der Waals surface area contributed by atoms with E-state index in [-0.39, 0.29) is 11.9 Å². The summed E-state index contributed by atoms with van der Waals surface area (Å²) in [5.74, 6) is 1.23. The van der Waals surface area contributed by atoms with Gasteiger partial charge in [-0.15, -0.1) is 0 Å². The van der Waals surface area contributed by atoms with E-state index in [0.717, 1.165) is 18.6 Å². The van der Waals surface area contributed by atoms with Gasteiger partial charge in [0.25, 0.3) is 0 Å². The third-order valence-electron chi connectivity index (χ3n) is 3.53. The summed E-state index contributed by atoms with van der Waals surface area (Å²) in [6, 6.07) is 6.67. The van der Waals surface area contributed by atoms with Gasteiger partial charge in [-0.1, -0.05) is 6.92 Å². The molecule has 0 radical (unpaired) electrons. The summed E-state index contributed by atoms with van der Waals surface area (Å²) in [5, 5.41) is 3.31. The zero-order valence-corrected chi connectivity index (χ0v) is 10.4. The first kappa shape index (κ1) is 12.4. The summed E-state index contributed by atoms with van der Waals surface area (Å²) in [6.45, 7) is 2.26. The zero-order chi connectivity index (χ0) is 12.3. The summed E-state index contributed by atoms with van der Waals surface area (Å²) < 4.78 is 18.8. The molecule has 3 unspecified atom stereocenters. The maximum absolute atomic E-state index is 12.8. The molecule has 0 bridgehead atoms. The molecule has 0 aliphatic heterocycles. The molecular weight excluding hydrogens is 217 g/mol. The highest BCUT2D eigenvalue weighted by Crippen LogP contribution is 2.27. The molecule has 2 nitrogen and oxygen atoms in total. The van der Waals surface area contributed by atoms with Gasteiger partial charge in [0.2, 0.25) is 0 Å². The average Bonchev–Trinajstić information content (AvgIpc) is 2.32. The molecule has 1 aliphatic rings. The molecule has 1 aromatic rings. The lowest BCUT2D eigenvalue weighted by Gasteiger charge is -2.34. The number of hydrogen-bond acceptors (Lipinski definition) is 2. The van der Waals surface area contributed by atoms with Gasteiger partial charge in [-0.3, -0.25) is 0 Å². The molecule has 0 saturated heterocycles. The topological polar surface area (TPSA) is 21.3 Å². The normalized spacial score (nSPS) is 29.0. The Balaban J connectivity index is 2.02.